The van der Waals surface area contributed by atoms with Crippen molar-refractivity contribution >= 4 is 21.5 Å². The lowest BCUT2D eigenvalue weighted by Crippen LogP contribution is -2.29. The van der Waals surface area contributed by atoms with E-state index in [-0.39, 0.29) is 23.0 Å². The Balaban J connectivity index is 1.94. The van der Waals surface area contributed by atoms with E-state index in [1.807, 2.05) is 0 Å². The highest BCUT2D eigenvalue weighted by Gasteiger charge is 2.44. The lowest BCUT2D eigenvalue weighted by Gasteiger charge is -2.17. The molecule has 1 fully saturated rings. The first-order chi connectivity index (χ1) is 12.7. The largest absolute Gasteiger partial charge is 0.344 e. The number of carbonyl (C=O) groups excluding carboxylic acids is 2. The fourth-order valence-electron chi connectivity index (χ4n) is 3.61. The van der Waals surface area contributed by atoms with Crippen LogP contribution in [0.3, 0.4) is 0 Å². The zero-order valence-corrected chi connectivity index (χ0v) is 15.9. The van der Waals surface area contributed by atoms with E-state index < -0.39 is 27.5 Å². The van der Waals surface area contributed by atoms with Gasteiger partial charge in [0.25, 0.3) is 0 Å². The maximum absolute atomic E-state index is 13.6. The normalized spacial score (nSPS) is 20.1. The maximum atomic E-state index is 13.6. The number of hydrogen-bond acceptors (Lipinski definition) is 4. The van der Waals surface area contributed by atoms with E-state index in [4.69, 9.17) is 0 Å². The summed E-state index contributed by atoms with van der Waals surface area (Å²) in [6, 6.07) is 12.2. The molecule has 7 heteroatoms. The van der Waals surface area contributed by atoms with Gasteiger partial charge >= 0.3 is 0 Å². The minimum atomic E-state index is -3.50. The van der Waals surface area contributed by atoms with Gasteiger partial charge in [0, 0.05) is 32.2 Å². The molecule has 0 radical (unpaired) electrons. The maximum Gasteiger partial charge on any atom is 0.233 e. The molecule has 2 atom stereocenters. The number of halogens is 1. The van der Waals surface area contributed by atoms with E-state index in [2.05, 4.69) is 0 Å². The monoisotopic (exact) mass is 389 g/mol. The topological polar surface area (TPSA) is 71.5 Å². The Morgan fingerprint density at radius 1 is 1.19 bits per heavy atom. The highest BCUT2D eigenvalue weighted by molar-refractivity contribution is 7.90. The molecule has 1 saturated heterocycles. The average molecular weight is 389 g/mol. The van der Waals surface area contributed by atoms with Crippen molar-refractivity contribution < 1.29 is 22.4 Å². The minimum absolute atomic E-state index is 0.0828. The molecule has 5 nitrogen and oxygen atoms in total. The molecular weight excluding hydrogens is 369 g/mol. The Morgan fingerprint density at radius 2 is 1.89 bits per heavy atom. The summed E-state index contributed by atoms with van der Waals surface area (Å²) in [7, 11) is -1.89. The van der Waals surface area contributed by atoms with Crippen LogP contribution in [0, 0.1) is 11.7 Å². The standard InChI is InChI=1S/C20H20FNO4S/c1-22-12-16(13-7-5-8-15(21)10-13)19(20(22)24)17(23)11-14-6-3-4-9-18(14)27(2,25)26/h3-10,16,19H,11-12H2,1-2H3/t16-,19+/m1/s1. The lowest BCUT2D eigenvalue weighted by molar-refractivity contribution is -0.136. The number of ketones is 1. The van der Waals surface area contributed by atoms with Crippen LogP contribution in [0.4, 0.5) is 4.39 Å². The third-order valence-electron chi connectivity index (χ3n) is 4.88. The Morgan fingerprint density at radius 3 is 2.56 bits per heavy atom. The predicted molar refractivity (Wildman–Crippen MR) is 98.5 cm³/mol. The van der Waals surface area contributed by atoms with E-state index in [0.29, 0.717) is 17.7 Å². The minimum Gasteiger partial charge on any atom is -0.344 e. The van der Waals surface area contributed by atoms with Gasteiger partial charge in [0.15, 0.2) is 9.84 Å². The smallest absolute Gasteiger partial charge is 0.233 e. The molecule has 142 valence electrons. The summed E-state index contributed by atoms with van der Waals surface area (Å²) in [6.07, 6.45) is 0.916. The van der Waals surface area contributed by atoms with Gasteiger partial charge in [-0.2, -0.15) is 0 Å². The van der Waals surface area contributed by atoms with Crippen LogP contribution in [0.2, 0.25) is 0 Å². The van der Waals surface area contributed by atoms with Crippen molar-refractivity contribution in [2.45, 2.75) is 17.2 Å². The van der Waals surface area contributed by atoms with Gasteiger partial charge in [0.2, 0.25) is 5.91 Å². The highest BCUT2D eigenvalue weighted by atomic mass is 32.2. The van der Waals surface area contributed by atoms with Gasteiger partial charge < -0.3 is 4.90 Å². The Bertz CT molecular complexity index is 1000. The second kappa shape index (κ2) is 7.23. The first kappa shape index (κ1) is 19.2. The number of sulfone groups is 1. The van der Waals surface area contributed by atoms with Gasteiger partial charge in [-0.15, -0.1) is 0 Å². The van der Waals surface area contributed by atoms with Crippen molar-refractivity contribution in [2.24, 2.45) is 5.92 Å². The van der Waals surface area contributed by atoms with Crippen LogP contribution in [0.25, 0.3) is 0 Å². The van der Waals surface area contributed by atoms with Crippen LogP contribution >= 0.6 is 0 Å². The second-order valence-electron chi connectivity index (χ2n) is 6.88. The van der Waals surface area contributed by atoms with E-state index in [0.717, 1.165) is 6.26 Å². The molecule has 0 unspecified atom stereocenters. The zero-order valence-electron chi connectivity index (χ0n) is 15.1. The van der Waals surface area contributed by atoms with Gasteiger partial charge in [0.1, 0.15) is 17.5 Å². The van der Waals surface area contributed by atoms with E-state index in [1.54, 1.807) is 37.4 Å². The summed E-state index contributed by atoms with van der Waals surface area (Å²) < 4.78 is 37.6. The predicted octanol–water partition coefficient (Wildman–Crippen LogP) is 2.21. The van der Waals surface area contributed by atoms with Gasteiger partial charge in [-0.25, -0.2) is 12.8 Å². The quantitative estimate of drug-likeness (QED) is 0.735. The molecule has 1 aliphatic heterocycles. The van der Waals surface area contributed by atoms with Crippen molar-refractivity contribution in [3.05, 3.63) is 65.5 Å². The fraction of sp³-hybridized carbons (Fsp3) is 0.300. The molecule has 0 N–H and O–H groups in total. The van der Waals surface area contributed by atoms with Crippen molar-refractivity contribution in [1.29, 1.82) is 0 Å². The number of amides is 1. The van der Waals surface area contributed by atoms with Gasteiger partial charge in [-0.3, -0.25) is 9.59 Å². The van der Waals surface area contributed by atoms with Crippen molar-refractivity contribution in [1.82, 2.24) is 4.90 Å². The summed E-state index contributed by atoms with van der Waals surface area (Å²) in [5.74, 6) is -2.54. The van der Waals surface area contributed by atoms with Crippen molar-refractivity contribution in [3.8, 4) is 0 Å². The first-order valence-electron chi connectivity index (χ1n) is 8.49. The Labute approximate surface area is 157 Å². The molecule has 3 rings (SSSR count). The van der Waals surface area contributed by atoms with E-state index in [9.17, 15) is 22.4 Å². The summed E-state index contributed by atoms with van der Waals surface area (Å²) in [4.78, 5) is 27.1. The van der Waals surface area contributed by atoms with Gasteiger partial charge in [-0.1, -0.05) is 30.3 Å². The van der Waals surface area contributed by atoms with Crippen LogP contribution in [0.15, 0.2) is 53.4 Å². The number of nitrogens with zero attached hydrogens (tertiary/aromatic N) is 1. The van der Waals surface area contributed by atoms with Crippen molar-refractivity contribution in [2.75, 3.05) is 19.8 Å². The molecular formula is C20H20FNO4S. The molecule has 1 amide bonds. The number of hydrogen-bond donors (Lipinski definition) is 0. The zero-order chi connectivity index (χ0) is 19.8. The number of likely N-dealkylation sites (N-methyl/N-ethyl adjacent to an activating group) is 1. The summed E-state index contributed by atoms with van der Waals surface area (Å²) in [6.45, 7) is 0.312. The summed E-state index contributed by atoms with van der Waals surface area (Å²) >= 11 is 0. The summed E-state index contributed by atoms with van der Waals surface area (Å²) in [5.41, 5.74) is 0.952. The SMILES string of the molecule is CN1C[C@H](c2cccc(F)c2)[C@@H](C(=O)Cc2ccccc2S(C)(=O)=O)C1=O. The number of likely N-dealkylation sites (tertiary alicyclic amines) is 1. The van der Waals surface area contributed by atoms with Crippen LogP contribution in [0.1, 0.15) is 17.0 Å². The third-order valence-corrected chi connectivity index (χ3v) is 6.07. The molecule has 27 heavy (non-hydrogen) atoms. The number of Topliss-reactive ketones (excluding diaryl/α,β-unsaturated/α-hetero) is 1. The molecule has 0 aromatic heterocycles. The van der Waals surface area contributed by atoms with Crippen LogP contribution in [-0.4, -0.2) is 44.9 Å². The van der Waals surface area contributed by atoms with Gasteiger partial charge in [0.05, 0.1) is 4.90 Å². The highest BCUT2D eigenvalue weighted by Crippen LogP contribution is 2.35. The van der Waals surface area contributed by atoms with Crippen LogP contribution in [0.5, 0.6) is 0 Å². The molecule has 0 saturated carbocycles. The molecule has 2 aromatic rings. The Kier molecular flexibility index (Phi) is 5.15. The van der Waals surface area contributed by atoms with Crippen molar-refractivity contribution in [3.63, 3.8) is 0 Å². The fourth-order valence-corrected chi connectivity index (χ4v) is 4.55. The van der Waals surface area contributed by atoms with E-state index >= 15 is 0 Å². The number of carbonyl (C=O) groups is 2. The molecule has 0 aliphatic carbocycles. The number of benzene rings is 2. The average Bonchev–Trinajstić information content (AvgIpc) is 2.90. The molecule has 0 bridgehead atoms. The molecule has 1 heterocycles. The Hall–Kier alpha value is -2.54. The van der Waals surface area contributed by atoms with Crippen LogP contribution < -0.4 is 0 Å². The first-order valence-corrected chi connectivity index (χ1v) is 10.4. The van der Waals surface area contributed by atoms with Crippen LogP contribution in [-0.2, 0) is 25.8 Å². The number of rotatable bonds is 5. The molecule has 2 aromatic carbocycles. The molecule has 1 aliphatic rings. The van der Waals surface area contributed by atoms with E-state index in [1.165, 1.54) is 23.1 Å². The lowest BCUT2D eigenvalue weighted by atomic mass is 9.84. The van der Waals surface area contributed by atoms with Gasteiger partial charge in [-0.05, 0) is 29.3 Å². The summed E-state index contributed by atoms with van der Waals surface area (Å²) in [5, 5.41) is 0. The second-order valence-corrected chi connectivity index (χ2v) is 8.87. The molecule has 0 spiro atoms. The third kappa shape index (κ3) is 3.93.